The van der Waals surface area contributed by atoms with Gasteiger partial charge in [-0.25, -0.2) is 4.79 Å². The molecule has 0 unspecified atom stereocenters. The summed E-state index contributed by atoms with van der Waals surface area (Å²) in [7, 11) is 3.13. The number of benzene rings is 4. The smallest absolute Gasteiger partial charge is 0.340 e. The van der Waals surface area contributed by atoms with Gasteiger partial charge in [-0.1, -0.05) is 72.8 Å². The molecule has 13 heteroatoms. The molecule has 0 spiro atoms. The van der Waals surface area contributed by atoms with Gasteiger partial charge in [0.2, 0.25) is 0 Å². The Morgan fingerprint density at radius 1 is 0.667 bits per heavy atom. The molecule has 0 aliphatic carbocycles. The van der Waals surface area contributed by atoms with Gasteiger partial charge in [0.05, 0.1) is 20.8 Å². The van der Waals surface area contributed by atoms with Crippen molar-refractivity contribution in [3.63, 3.8) is 0 Å². The van der Waals surface area contributed by atoms with E-state index in [2.05, 4.69) is 0 Å². The molecule has 1 saturated heterocycles. The zero-order valence-electron chi connectivity index (χ0n) is 29.9. The van der Waals surface area contributed by atoms with Crippen molar-refractivity contribution in [2.75, 3.05) is 20.8 Å². The van der Waals surface area contributed by atoms with E-state index in [0.717, 1.165) is 29.3 Å². The van der Waals surface area contributed by atoms with Gasteiger partial charge in [-0.3, -0.25) is 23.7 Å². The monoisotopic (exact) mass is 734 g/mol. The van der Waals surface area contributed by atoms with Gasteiger partial charge in [0.1, 0.15) is 23.2 Å². The Morgan fingerprint density at radius 3 is 1.69 bits per heavy atom. The molecular weight excluding hydrogens is 696 g/mol. The second-order valence-electron chi connectivity index (χ2n) is 12.4. The molecule has 13 nitrogen and oxygen atoms in total. The lowest BCUT2D eigenvalue weighted by Crippen LogP contribution is -2.47. The Morgan fingerprint density at radius 2 is 1.17 bits per heavy atom. The fourth-order valence-electron chi connectivity index (χ4n) is 6.58. The zero-order valence-corrected chi connectivity index (χ0v) is 29.9. The molecule has 0 saturated carbocycles. The fourth-order valence-corrected chi connectivity index (χ4v) is 6.58. The molecule has 5 aromatic rings. The van der Waals surface area contributed by atoms with E-state index in [1.807, 2.05) is 54.6 Å². The van der Waals surface area contributed by atoms with Gasteiger partial charge < -0.3 is 28.4 Å². The second-order valence-corrected chi connectivity index (χ2v) is 12.4. The first-order chi connectivity index (χ1) is 26.1. The average Bonchev–Trinajstić information content (AvgIpc) is 3.50. The summed E-state index contributed by atoms with van der Waals surface area (Å²) in [5.41, 5.74) is -1.01. The maximum absolute atomic E-state index is 14.0. The molecule has 0 N–H and O–H groups in total. The molecule has 2 heterocycles. The zero-order chi connectivity index (χ0) is 38.4. The molecule has 1 aromatic heterocycles. The van der Waals surface area contributed by atoms with Crippen molar-refractivity contribution in [1.82, 2.24) is 9.13 Å². The Balaban J connectivity index is 1.46. The Hall–Kier alpha value is -6.31. The normalized spacial score (nSPS) is 18.1. The van der Waals surface area contributed by atoms with Gasteiger partial charge in [0.25, 0.3) is 11.5 Å². The fraction of sp³-hybridized carbons (Fsp3) is 0.244. The standard InChI is InChI=1S/C41H38N2O11/c1-26(44)52-36-34(54-39(37(36)53-27(2)45)42-24-23-35(46)43(40(42)48)38(47)28-11-7-5-8-12-28)25-51-41(29-13-9-6-10-14-29,30-15-19-32(49-3)20-16-30)31-17-21-33(50-4)22-18-31/h5-24,34,36-37,39H,25H2,1-4H3/t34-,36-,37-,39-/m1/s1. The van der Waals surface area contributed by atoms with Crippen LogP contribution in [-0.4, -0.2) is 66.1 Å². The third-order valence-corrected chi connectivity index (χ3v) is 9.04. The highest BCUT2D eigenvalue weighted by molar-refractivity contribution is 5.95. The number of rotatable bonds is 12. The maximum Gasteiger partial charge on any atom is 0.340 e. The van der Waals surface area contributed by atoms with Crippen molar-refractivity contribution in [2.24, 2.45) is 0 Å². The van der Waals surface area contributed by atoms with Crippen LogP contribution in [0.25, 0.3) is 0 Å². The van der Waals surface area contributed by atoms with Crippen LogP contribution in [0.4, 0.5) is 0 Å². The van der Waals surface area contributed by atoms with Crippen LogP contribution in [0.3, 0.4) is 0 Å². The summed E-state index contributed by atoms with van der Waals surface area (Å²) in [4.78, 5) is 65.4. The van der Waals surface area contributed by atoms with Crippen LogP contribution in [-0.2, 0) is 34.1 Å². The number of nitrogens with zero attached hydrogens (tertiary/aromatic N) is 2. The van der Waals surface area contributed by atoms with Crippen LogP contribution in [0.2, 0.25) is 0 Å². The van der Waals surface area contributed by atoms with E-state index in [1.165, 1.54) is 19.1 Å². The van der Waals surface area contributed by atoms with Gasteiger partial charge >= 0.3 is 17.6 Å². The number of methoxy groups -OCH3 is 2. The van der Waals surface area contributed by atoms with E-state index in [-0.39, 0.29) is 12.2 Å². The highest BCUT2D eigenvalue weighted by Gasteiger charge is 2.52. The summed E-state index contributed by atoms with van der Waals surface area (Å²) in [5, 5.41) is 0. The summed E-state index contributed by atoms with van der Waals surface area (Å²) >= 11 is 0. The number of hydrogen-bond donors (Lipinski definition) is 0. The van der Waals surface area contributed by atoms with E-state index in [9.17, 15) is 24.0 Å². The predicted molar refractivity (Wildman–Crippen MR) is 194 cm³/mol. The van der Waals surface area contributed by atoms with Gasteiger partial charge in [0.15, 0.2) is 18.4 Å². The number of ether oxygens (including phenoxy) is 6. The minimum absolute atomic E-state index is 0.0942. The first-order valence-corrected chi connectivity index (χ1v) is 17.0. The molecule has 0 bridgehead atoms. The maximum atomic E-state index is 14.0. The van der Waals surface area contributed by atoms with Crippen molar-refractivity contribution in [1.29, 1.82) is 0 Å². The van der Waals surface area contributed by atoms with Crippen molar-refractivity contribution in [3.05, 3.63) is 165 Å². The van der Waals surface area contributed by atoms with E-state index in [1.54, 1.807) is 56.7 Å². The number of carbonyl (C=O) groups excluding carboxylic acids is 3. The number of esters is 2. The summed E-state index contributed by atoms with van der Waals surface area (Å²) in [6, 6.07) is 33.0. The molecule has 278 valence electrons. The predicted octanol–water partition coefficient (Wildman–Crippen LogP) is 4.49. The van der Waals surface area contributed by atoms with E-state index in [0.29, 0.717) is 27.2 Å². The van der Waals surface area contributed by atoms with Crippen molar-refractivity contribution in [2.45, 2.75) is 44.0 Å². The number of carbonyl (C=O) groups is 3. The Kier molecular flexibility index (Phi) is 11.2. The van der Waals surface area contributed by atoms with Crippen molar-refractivity contribution < 1.29 is 42.8 Å². The van der Waals surface area contributed by atoms with Crippen LogP contribution >= 0.6 is 0 Å². The Labute approximate surface area is 310 Å². The van der Waals surface area contributed by atoms with Crippen LogP contribution in [0.5, 0.6) is 11.5 Å². The molecular formula is C41H38N2O11. The van der Waals surface area contributed by atoms with E-state index >= 15 is 0 Å². The van der Waals surface area contributed by atoms with E-state index in [4.69, 9.17) is 28.4 Å². The van der Waals surface area contributed by atoms with Gasteiger partial charge in [-0.05, 0) is 53.1 Å². The topological polar surface area (TPSA) is 151 Å². The third kappa shape index (κ3) is 7.45. The largest absolute Gasteiger partial charge is 0.497 e. The quantitative estimate of drug-likeness (QED) is 0.132. The van der Waals surface area contributed by atoms with Crippen LogP contribution in [0.1, 0.15) is 47.1 Å². The first kappa shape index (κ1) is 37.4. The molecule has 4 aromatic carbocycles. The lowest BCUT2D eigenvalue weighted by Gasteiger charge is -2.37. The molecule has 6 rings (SSSR count). The molecule has 0 radical (unpaired) electrons. The molecule has 1 fully saturated rings. The average molecular weight is 735 g/mol. The summed E-state index contributed by atoms with van der Waals surface area (Å²) in [6.45, 7) is 2.06. The van der Waals surface area contributed by atoms with Crippen molar-refractivity contribution in [3.8, 4) is 11.5 Å². The summed E-state index contributed by atoms with van der Waals surface area (Å²) in [5.74, 6) is -1.11. The Bertz CT molecular complexity index is 2170. The minimum atomic E-state index is -1.46. The highest BCUT2D eigenvalue weighted by Crippen LogP contribution is 2.43. The molecule has 54 heavy (non-hydrogen) atoms. The molecule has 0 amide bonds. The molecule has 1 aliphatic heterocycles. The first-order valence-electron chi connectivity index (χ1n) is 17.0. The third-order valence-electron chi connectivity index (χ3n) is 9.04. The summed E-state index contributed by atoms with van der Waals surface area (Å²) < 4.78 is 37.1. The minimum Gasteiger partial charge on any atom is -0.497 e. The molecule has 4 atom stereocenters. The second kappa shape index (κ2) is 16.1. The highest BCUT2D eigenvalue weighted by atomic mass is 16.7. The SMILES string of the molecule is COc1ccc(C(OC[C@H]2O[C@@H](n3ccc(=O)n(C(=O)c4ccccc4)c3=O)[C@H](OC(C)=O)[C@@H]2OC(C)=O)(c2ccccc2)c2ccc(OC)cc2)cc1. The van der Waals surface area contributed by atoms with Gasteiger partial charge in [0, 0.05) is 31.7 Å². The molecule has 1 aliphatic rings. The number of hydrogen-bond acceptors (Lipinski definition) is 11. The lowest BCUT2D eigenvalue weighted by atomic mass is 9.80. The van der Waals surface area contributed by atoms with Crippen LogP contribution < -0.4 is 20.7 Å². The lowest BCUT2D eigenvalue weighted by molar-refractivity contribution is -0.166. The summed E-state index contributed by atoms with van der Waals surface area (Å²) in [6.07, 6.45) is -4.17. The van der Waals surface area contributed by atoms with E-state index < -0.39 is 59.2 Å². The number of aromatic nitrogens is 2. The van der Waals surface area contributed by atoms with Crippen LogP contribution in [0.15, 0.2) is 131 Å². The van der Waals surface area contributed by atoms with Gasteiger partial charge in [-0.2, -0.15) is 4.57 Å². The van der Waals surface area contributed by atoms with Gasteiger partial charge in [-0.15, -0.1) is 0 Å². The van der Waals surface area contributed by atoms with Crippen molar-refractivity contribution >= 4 is 17.8 Å². The van der Waals surface area contributed by atoms with Crippen LogP contribution in [0, 0.1) is 0 Å².